The van der Waals surface area contributed by atoms with Crippen molar-refractivity contribution in [2.24, 2.45) is 0 Å². The van der Waals surface area contributed by atoms with Crippen LogP contribution in [0.4, 0.5) is 0 Å². The minimum Gasteiger partial charge on any atom is -0.347 e. The van der Waals surface area contributed by atoms with Gasteiger partial charge in [0.15, 0.2) is 0 Å². The fourth-order valence-electron chi connectivity index (χ4n) is 5.29. The highest BCUT2D eigenvalue weighted by Crippen LogP contribution is 2.25. The second kappa shape index (κ2) is 13.7. The normalized spacial score (nSPS) is 17.8. The van der Waals surface area contributed by atoms with E-state index < -0.39 is 0 Å². The Morgan fingerprint density at radius 2 is 1.62 bits per heavy atom. The molecule has 2 heterocycles. The van der Waals surface area contributed by atoms with E-state index in [1.807, 2.05) is 12.1 Å². The Balaban J connectivity index is 1.33. The highest BCUT2D eigenvalue weighted by atomic mass is 35.5. The molecule has 0 spiro atoms. The molecule has 1 aliphatic rings. The minimum absolute atomic E-state index is 0.115. The zero-order valence-corrected chi connectivity index (χ0v) is 22.8. The fraction of sp³-hybridized carbons (Fsp3) is 0.536. The van der Waals surface area contributed by atoms with Crippen molar-refractivity contribution in [1.82, 2.24) is 35.1 Å². The van der Waals surface area contributed by atoms with Gasteiger partial charge in [-0.05, 0) is 69.3 Å². The van der Waals surface area contributed by atoms with E-state index in [0.29, 0.717) is 47.9 Å². The molecule has 37 heavy (non-hydrogen) atoms. The number of imidazole rings is 2. The molecule has 1 saturated carbocycles. The van der Waals surface area contributed by atoms with Gasteiger partial charge in [-0.3, -0.25) is 4.79 Å². The maximum Gasteiger partial charge on any atom is 0.254 e. The number of carbonyl (C=O) groups excluding carboxylic acids is 1. The van der Waals surface area contributed by atoms with E-state index in [2.05, 4.69) is 44.0 Å². The zero-order valence-electron chi connectivity index (χ0n) is 22.0. The van der Waals surface area contributed by atoms with Gasteiger partial charge in [-0.15, -0.1) is 0 Å². The number of hydrogen-bond acceptors (Lipinski definition) is 5. The molecule has 3 N–H and O–H groups in total. The van der Waals surface area contributed by atoms with Crippen molar-refractivity contribution in [3.05, 3.63) is 70.8 Å². The SMILES string of the molecule is CCCN(CCC)C1CCC(NCc2ccc(C(=O)N(Cc3ncc[nH]3)Cc3ncc[nH]3)cc2Cl)CC1. The largest absolute Gasteiger partial charge is 0.347 e. The van der Waals surface area contributed by atoms with Crippen molar-refractivity contribution in [3.63, 3.8) is 0 Å². The summed E-state index contributed by atoms with van der Waals surface area (Å²) in [4.78, 5) is 32.5. The molecular weight excluding hydrogens is 486 g/mol. The number of carbonyl (C=O) groups is 1. The third kappa shape index (κ3) is 7.66. The Bertz CT molecular complexity index is 1040. The van der Waals surface area contributed by atoms with Crippen molar-refractivity contribution in [2.45, 2.75) is 84.1 Å². The molecule has 0 saturated heterocycles. The van der Waals surface area contributed by atoms with E-state index in [0.717, 1.165) is 11.6 Å². The van der Waals surface area contributed by atoms with Crippen LogP contribution in [0.25, 0.3) is 0 Å². The summed E-state index contributed by atoms with van der Waals surface area (Å²) in [7, 11) is 0. The van der Waals surface area contributed by atoms with Gasteiger partial charge in [-0.2, -0.15) is 0 Å². The van der Waals surface area contributed by atoms with Crippen molar-refractivity contribution in [3.8, 4) is 0 Å². The number of rotatable bonds is 13. The molecule has 1 aromatic carbocycles. The standard InChI is InChI=1S/C28H40ClN7O/c1-3-15-35(16-4-2)24-9-7-23(8-10-24)34-18-22-6-5-21(17-25(22)29)28(37)36(19-26-30-11-12-31-26)20-27-32-13-14-33-27/h5-6,11-14,17,23-24,34H,3-4,7-10,15-16,18-20H2,1-2H3,(H,30,31)(H,32,33). The van der Waals surface area contributed by atoms with Crippen LogP contribution in [0.2, 0.25) is 5.02 Å². The molecule has 0 atom stereocenters. The summed E-state index contributed by atoms with van der Waals surface area (Å²) >= 11 is 6.66. The van der Waals surface area contributed by atoms with E-state index in [-0.39, 0.29) is 5.91 Å². The van der Waals surface area contributed by atoms with Crippen LogP contribution < -0.4 is 5.32 Å². The van der Waals surface area contributed by atoms with Crippen LogP contribution in [0.5, 0.6) is 0 Å². The molecule has 0 aliphatic heterocycles. The summed E-state index contributed by atoms with van der Waals surface area (Å²) in [6.07, 6.45) is 14.2. The molecule has 8 nitrogen and oxygen atoms in total. The van der Waals surface area contributed by atoms with E-state index in [4.69, 9.17) is 11.6 Å². The summed E-state index contributed by atoms with van der Waals surface area (Å²) in [5, 5.41) is 4.32. The zero-order chi connectivity index (χ0) is 26.0. The summed E-state index contributed by atoms with van der Waals surface area (Å²) in [5.41, 5.74) is 1.57. The van der Waals surface area contributed by atoms with Crippen LogP contribution in [0.15, 0.2) is 43.0 Å². The number of nitrogens with one attached hydrogen (secondary N) is 3. The lowest BCUT2D eigenvalue weighted by Gasteiger charge is -2.37. The molecule has 0 bridgehead atoms. The Morgan fingerprint density at radius 3 is 2.14 bits per heavy atom. The Hall–Kier alpha value is -2.68. The third-order valence-corrected chi connectivity index (χ3v) is 7.55. The minimum atomic E-state index is -0.115. The van der Waals surface area contributed by atoms with Gasteiger partial charge >= 0.3 is 0 Å². The van der Waals surface area contributed by atoms with E-state index in [1.165, 1.54) is 51.6 Å². The molecule has 1 fully saturated rings. The number of benzene rings is 1. The first-order valence-electron chi connectivity index (χ1n) is 13.6. The topological polar surface area (TPSA) is 92.9 Å². The number of nitrogens with zero attached hydrogens (tertiary/aromatic N) is 4. The van der Waals surface area contributed by atoms with E-state index >= 15 is 0 Å². The Kier molecular flexibility index (Phi) is 10.2. The van der Waals surface area contributed by atoms with Gasteiger partial charge in [0, 0.05) is 54.0 Å². The molecule has 9 heteroatoms. The first-order valence-corrected chi connectivity index (χ1v) is 14.0. The van der Waals surface area contributed by atoms with Gasteiger partial charge in [0.2, 0.25) is 0 Å². The number of hydrogen-bond donors (Lipinski definition) is 3. The lowest BCUT2D eigenvalue weighted by molar-refractivity contribution is 0.0721. The molecule has 0 radical (unpaired) electrons. The molecule has 2 aromatic heterocycles. The second-order valence-corrected chi connectivity index (χ2v) is 10.4. The van der Waals surface area contributed by atoms with E-state index in [1.54, 1.807) is 35.8 Å². The smallest absolute Gasteiger partial charge is 0.254 e. The molecule has 1 amide bonds. The number of aromatic nitrogens is 4. The Labute approximate surface area is 225 Å². The summed E-state index contributed by atoms with van der Waals surface area (Å²) in [6.45, 7) is 8.37. The summed E-state index contributed by atoms with van der Waals surface area (Å²) in [5.74, 6) is 1.32. The van der Waals surface area contributed by atoms with Gasteiger partial charge in [0.1, 0.15) is 11.6 Å². The molecule has 0 unspecified atom stereocenters. The number of halogens is 1. The quantitative estimate of drug-likeness (QED) is 0.287. The van der Waals surface area contributed by atoms with Crippen molar-refractivity contribution < 1.29 is 4.79 Å². The van der Waals surface area contributed by atoms with Gasteiger partial charge in [-0.1, -0.05) is 31.5 Å². The first-order chi connectivity index (χ1) is 18.1. The fourth-order valence-corrected chi connectivity index (χ4v) is 5.53. The highest BCUT2D eigenvalue weighted by Gasteiger charge is 2.25. The average molecular weight is 526 g/mol. The van der Waals surface area contributed by atoms with Crippen LogP contribution >= 0.6 is 11.6 Å². The molecule has 200 valence electrons. The molecule has 4 rings (SSSR count). The summed E-state index contributed by atoms with van der Waals surface area (Å²) in [6, 6.07) is 6.85. The predicted octanol–water partition coefficient (Wildman–Crippen LogP) is 5.15. The van der Waals surface area contributed by atoms with Crippen molar-refractivity contribution in [2.75, 3.05) is 13.1 Å². The van der Waals surface area contributed by atoms with Gasteiger partial charge in [-0.25, -0.2) is 9.97 Å². The maximum absolute atomic E-state index is 13.4. The number of amides is 1. The number of aromatic amines is 2. The van der Waals surface area contributed by atoms with E-state index in [9.17, 15) is 4.79 Å². The van der Waals surface area contributed by atoms with Crippen molar-refractivity contribution >= 4 is 17.5 Å². The van der Waals surface area contributed by atoms with Crippen LogP contribution in [0, 0.1) is 0 Å². The summed E-state index contributed by atoms with van der Waals surface area (Å²) < 4.78 is 0. The lowest BCUT2D eigenvalue weighted by atomic mass is 9.89. The second-order valence-electron chi connectivity index (χ2n) is 9.96. The lowest BCUT2D eigenvalue weighted by Crippen LogP contribution is -2.43. The van der Waals surface area contributed by atoms with Gasteiger partial charge in [0.05, 0.1) is 13.1 Å². The van der Waals surface area contributed by atoms with Gasteiger partial charge < -0.3 is 25.1 Å². The molecule has 3 aromatic rings. The van der Waals surface area contributed by atoms with Crippen LogP contribution in [-0.2, 0) is 19.6 Å². The third-order valence-electron chi connectivity index (χ3n) is 7.19. The van der Waals surface area contributed by atoms with Gasteiger partial charge in [0.25, 0.3) is 5.91 Å². The predicted molar refractivity (Wildman–Crippen MR) is 147 cm³/mol. The molecular formula is C28H40ClN7O. The Morgan fingerprint density at radius 1 is 1.00 bits per heavy atom. The van der Waals surface area contributed by atoms with Crippen LogP contribution in [-0.4, -0.2) is 60.8 Å². The molecule has 1 aliphatic carbocycles. The van der Waals surface area contributed by atoms with Crippen molar-refractivity contribution in [1.29, 1.82) is 0 Å². The highest BCUT2D eigenvalue weighted by molar-refractivity contribution is 6.31. The maximum atomic E-state index is 13.4. The monoisotopic (exact) mass is 525 g/mol. The average Bonchev–Trinajstić information content (AvgIpc) is 3.62. The first kappa shape index (κ1) is 27.4. The van der Waals surface area contributed by atoms with Crippen LogP contribution in [0.1, 0.15) is 79.9 Å². The van der Waals surface area contributed by atoms with Crippen LogP contribution in [0.3, 0.4) is 0 Å². The number of H-pyrrole nitrogens is 2.